The van der Waals surface area contributed by atoms with E-state index in [0.717, 1.165) is 42.8 Å². The Hall–Kier alpha value is -3.37. The highest BCUT2D eigenvalue weighted by Crippen LogP contribution is 2.52. The Morgan fingerprint density at radius 1 is 1.00 bits per heavy atom. The van der Waals surface area contributed by atoms with E-state index in [9.17, 15) is 18.0 Å². The summed E-state index contributed by atoms with van der Waals surface area (Å²) in [5.41, 5.74) is 2.62. The number of likely N-dealkylation sites (tertiary alicyclic amines) is 1. The largest absolute Gasteiger partial charge is 0.497 e. The van der Waals surface area contributed by atoms with Crippen molar-refractivity contribution in [1.29, 1.82) is 0 Å². The van der Waals surface area contributed by atoms with Gasteiger partial charge in [-0.05, 0) is 101 Å². The van der Waals surface area contributed by atoms with Gasteiger partial charge in [0.05, 0.1) is 18.4 Å². The van der Waals surface area contributed by atoms with E-state index in [1.807, 2.05) is 4.90 Å². The van der Waals surface area contributed by atoms with Gasteiger partial charge in [-0.2, -0.15) is 0 Å². The van der Waals surface area contributed by atoms with Crippen LogP contribution < -0.4 is 10.1 Å². The first-order valence-electron chi connectivity index (χ1n) is 15.1. The molecular formula is C33H44N4O5S. The zero-order valence-electron chi connectivity index (χ0n) is 25.9. The van der Waals surface area contributed by atoms with E-state index >= 15 is 0 Å². The predicted octanol–water partition coefficient (Wildman–Crippen LogP) is 4.30. The molecule has 43 heavy (non-hydrogen) atoms. The molecule has 1 aliphatic carbocycles. The van der Waals surface area contributed by atoms with Gasteiger partial charge in [-0.3, -0.25) is 18.8 Å². The molecule has 5 rings (SSSR count). The van der Waals surface area contributed by atoms with Gasteiger partial charge in [0.2, 0.25) is 11.8 Å². The maximum atomic E-state index is 13.9. The minimum Gasteiger partial charge on any atom is -0.497 e. The first-order chi connectivity index (χ1) is 20.4. The summed E-state index contributed by atoms with van der Waals surface area (Å²) in [5, 5.41) is 2.60. The Morgan fingerprint density at radius 3 is 2.16 bits per heavy atom. The molecule has 0 bridgehead atoms. The van der Waals surface area contributed by atoms with Crippen LogP contribution in [0.25, 0.3) is 0 Å². The second-order valence-electron chi connectivity index (χ2n) is 12.6. The van der Waals surface area contributed by atoms with Crippen LogP contribution in [0.3, 0.4) is 0 Å². The first kappa shape index (κ1) is 31.1. The number of nitrogens with zero attached hydrogens (tertiary/aromatic N) is 3. The standard InChI is InChI=1S/C33H44N4O5S/c1-24-21-27(42-5)22-25(2)30(24)43(40,41)37-20-17-34-31(39)28(37)23-29(38)36-18-15-32(16-19-36)11-13-33(14-12-32,35(3)4)26-9-7-6-8-10-26/h6-10,17,20-22,28H,11-16,18-19,23H2,1-5H3,(H,34,39)/t28-/m1/s1. The summed E-state index contributed by atoms with van der Waals surface area (Å²) >= 11 is 0. The Morgan fingerprint density at radius 2 is 1.60 bits per heavy atom. The lowest BCUT2D eigenvalue weighted by Gasteiger charge is -2.52. The third kappa shape index (κ3) is 5.79. The molecule has 1 saturated carbocycles. The number of carbonyl (C=O) groups is 2. The van der Waals surface area contributed by atoms with Crippen molar-refractivity contribution in [3.8, 4) is 5.75 Å². The highest BCUT2D eigenvalue weighted by Gasteiger charge is 2.47. The molecule has 0 aromatic heterocycles. The summed E-state index contributed by atoms with van der Waals surface area (Å²) in [6.45, 7) is 4.64. The lowest BCUT2D eigenvalue weighted by molar-refractivity contribution is -0.138. The summed E-state index contributed by atoms with van der Waals surface area (Å²) in [4.78, 5) is 30.8. The zero-order valence-corrected chi connectivity index (χ0v) is 26.7. The normalized spacial score (nSPS) is 21.6. The molecule has 232 valence electrons. The second-order valence-corrected chi connectivity index (χ2v) is 14.4. The molecule has 1 N–H and O–H groups in total. The van der Waals surface area contributed by atoms with Crippen LogP contribution >= 0.6 is 0 Å². The summed E-state index contributed by atoms with van der Waals surface area (Å²) in [6, 6.07) is 12.9. The number of hydrogen-bond donors (Lipinski definition) is 1. The quantitative estimate of drug-likeness (QED) is 0.503. The fourth-order valence-electron chi connectivity index (χ4n) is 7.44. The minimum atomic E-state index is -4.11. The van der Waals surface area contributed by atoms with Crippen LogP contribution in [0.2, 0.25) is 0 Å². The topological polar surface area (TPSA) is 99.3 Å². The number of ether oxygens (including phenoxy) is 1. The predicted molar refractivity (Wildman–Crippen MR) is 166 cm³/mol. The Bertz CT molecular complexity index is 1460. The number of rotatable bonds is 7. The highest BCUT2D eigenvalue weighted by atomic mass is 32.2. The van der Waals surface area contributed by atoms with Gasteiger partial charge in [-0.25, -0.2) is 8.42 Å². The molecule has 1 saturated heterocycles. The van der Waals surface area contributed by atoms with E-state index in [4.69, 9.17) is 4.74 Å². The van der Waals surface area contributed by atoms with Crippen molar-refractivity contribution in [3.05, 3.63) is 71.6 Å². The Kier molecular flexibility index (Phi) is 8.64. The van der Waals surface area contributed by atoms with Crippen molar-refractivity contribution >= 4 is 21.8 Å². The minimum absolute atomic E-state index is 0.0247. The third-order valence-corrected chi connectivity index (χ3v) is 12.2. The molecule has 9 nitrogen and oxygen atoms in total. The summed E-state index contributed by atoms with van der Waals surface area (Å²) in [6.07, 6.45) is 8.62. The van der Waals surface area contributed by atoms with Crippen LogP contribution in [-0.4, -0.2) is 74.7 Å². The van der Waals surface area contributed by atoms with Gasteiger partial charge in [0.15, 0.2) is 0 Å². The van der Waals surface area contributed by atoms with E-state index in [1.165, 1.54) is 25.1 Å². The fourth-order valence-corrected chi connectivity index (χ4v) is 9.31. The molecule has 2 heterocycles. The van der Waals surface area contributed by atoms with Crippen LogP contribution in [-0.2, 0) is 25.2 Å². The number of benzene rings is 2. The van der Waals surface area contributed by atoms with Crippen LogP contribution in [0, 0.1) is 19.3 Å². The van der Waals surface area contributed by atoms with Crippen LogP contribution in [0.4, 0.5) is 0 Å². The lowest BCUT2D eigenvalue weighted by Crippen LogP contribution is -2.53. The molecule has 1 atom stereocenters. The number of carbonyl (C=O) groups excluding carboxylic acids is 2. The molecule has 2 fully saturated rings. The average molecular weight is 609 g/mol. The van der Waals surface area contributed by atoms with Crippen LogP contribution in [0.15, 0.2) is 59.8 Å². The summed E-state index contributed by atoms with van der Waals surface area (Å²) in [7, 11) is 1.75. The second kappa shape index (κ2) is 12.0. The van der Waals surface area contributed by atoms with E-state index < -0.39 is 22.0 Å². The monoisotopic (exact) mass is 608 g/mol. The number of aryl methyl sites for hydroxylation is 2. The van der Waals surface area contributed by atoms with Crippen molar-refractivity contribution in [2.24, 2.45) is 5.41 Å². The fraction of sp³-hybridized carbons (Fsp3) is 0.515. The van der Waals surface area contributed by atoms with Crippen molar-refractivity contribution < 1.29 is 22.7 Å². The number of piperidine rings is 1. The van der Waals surface area contributed by atoms with Gasteiger partial charge in [0.25, 0.3) is 10.0 Å². The van der Waals surface area contributed by atoms with Gasteiger partial charge >= 0.3 is 0 Å². The first-order valence-corrected chi connectivity index (χ1v) is 16.5. The molecular weight excluding hydrogens is 564 g/mol. The van der Waals surface area contributed by atoms with Gasteiger partial charge in [0, 0.05) is 31.0 Å². The average Bonchev–Trinajstić information content (AvgIpc) is 2.98. The molecule has 2 aromatic rings. The number of sulfonamides is 1. The van der Waals surface area contributed by atoms with Crippen LogP contribution in [0.1, 0.15) is 61.6 Å². The molecule has 2 amide bonds. The zero-order chi connectivity index (χ0) is 31.0. The summed E-state index contributed by atoms with van der Waals surface area (Å²) in [5.74, 6) is -0.151. The van der Waals surface area contributed by atoms with Crippen LogP contribution in [0.5, 0.6) is 5.75 Å². The molecule has 3 aliphatic rings. The molecule has 1 spiro atoms. The van der Waals surface area contributed by atoms with Crippen molar-refractivity contribution in [3.63, 3.8) is 0 Å². The summed E-state index contributed by atoms with van der Waals surface area (Å²) < 4.78 is 34.1. The Balaban J connectivity index is 1.26. The molecule has 2 aromatic carbocycles. The van der Waals surface area contributed by atoms with E-state index in [1.54, 1.807) is 26.0 Å². The molecule has 0 unspecified atom stereocenters. The van der Waals surface area contributed by atoms with E-state index in [-0.39, 0.29) is 28.2 Å². The van der Waals surface area contributed by atoms with Gasteiger partial charge in [0.1, 0.15) is 11.8 Å². The Labute approximate surface area is 255 Å². The number of nitrogens with one attached hydrogen (secondary N) is 1. The molecule has 10 heteroatoms. The van der Waals surface area contributed by atoms with Gasteiger partial charge in [-0.15, -0.1) is 0 Å². The third-order valence-electron chi connectivity index (χ3n) is 10.1. The lowest BCUT2D eigenvalue weighted by atomic mass is 9.61. The molecule has 2 aliphatic heterocycles. The number of methoxy groups -OCH3 is 1. The van der Waals surface area contributed by atoms with Gasteiger partial charge < -0.3 is 15.0 Å². The van der Waals surface area contributed by atoms with E-state index in [0.29, 0.717) is 30.0 Å². The van der Waals surface area contributed by atoms with Crippen molar-refractivity contribution in [2.45, 2.75) is 75.3 Å². The highest BCUT2D eigenvalue weighted by molar-refractivity contribution is 7.89. The SMILES string of the molecule is COc1cc(C)c(S(=O)(=O)N2C=CNC(=O)[C@H]2CC(=O)N2CCC3(CC2)CCC(c2ccccc2)(N(C)C)CC3)c(C)c1. The molecule has 0 radical (unpaired) electrons. The maximum Gasteiger partial charge on any atom is 0.265 e. The maximum absolute atomic E-state index is 13.9. The van der Waals surface area contributed by atoms with Gasteiger partial charge in [-0.1, -0.05) is 30.3 Å². The van der Waals surface area contributed by atoms with E-state index in [2.05, 4.69) is 54.6 Å². The number of amides is 2. The smallest absolute Gasteiger partial charge is 0.265 e. The number of hydrogen-bond acceptors (Lipinski definition) is 6. The van der Waals surface area contributed by atoms with Crippen molar-refractivity contribution in [2.75, 3.05) is 34.3 Å². The van der Waals surface area contributed by atoms with Crippen molar-refractivity contribution in [1.82, 2.24) is 19.4 Å².